The van der Waals surface area contributed by atoms with Gasteiger partial charge in [0.1, 0.15) is 0 Å². The van der Waals surface area contributed by atoms with Crippen LogP contribution in [0.5, 0.6) is 0 Å². The number of rotatable bonds is 2. The van der Waals surface area contributed by atoms with Gasteiger partial charge in [-0.15, -0.1) is 0 Å². The van der Waals surface area contributed by atoms with Crippen molar-refractivity contribution < 1.29 is 0 Å². The zero-order valence-electron chi connectivity index (χ0n) is 7.55. The van der Waals surface area contributed by atoms with E-state index in [2.05, 4.69) is 23.4 Å². The number of hydrogen-bond donors (Lipinski definition) is 1. The lowest BCUT2D eigenvalue weighted by atomic mass is 10.2. The van der Waals surface area contributed by atoms with E-state index < -0.39 is 0 Å². The van der Waals surface area contributed by atoms with Crippen LogP contribution in [0, 0.1) is 0 Å². The second kappa shape index (κ2) is 3.52. The molecular formula is C9H12ClN3. The summed E-state index contributed by atoms with van der Waals surface area (Å²) < 4.78 is 1.93. The zero-order chi connectivity index (χ0) is 9.26. The Morgan fingerprint density at radius 2 is 2.54 bits per heavy atom. The number of nitrogens with one attached hydrogen (secondary N) is 1. The topological polar surface area (TPSA) is 29.9 Å². The van der Waals surface area contributed by atoms with Gasteiger partial charge in [-0.05, 0) is 12.5 Å². The summed E-state index contributed by atoms with van der Waals surface area (Å²) in [7, 11) is 0. The fourth-order valence-electron chi connectivity index (χ4n) is 1.58. The Morgan fingerprint density at radius 1 is 1.69 bits per heavy atom. The fourth-order valence-corrected chi connectivity index (χ4v) is 1.84. The number of hydrogen-bond acceptors (Lipinski definition) is 2. The van der Waals surface area contributed by atoms with E-state index in [9.17, 15) is 0 Å². The van der Waals surface area contributed by atoms with Gasteiger partial charge in [0.25, 0.3) is 0 Å². The minimum Gasteiger partial charge on any atom is -0.309 e. The van der Waals surface area contributed by atoms with Gasteiger partial charge < -0.3 is 5.32 Å². The fraction of sp³-hybridized carbons (Fsp3) is 0.444. The van der Waals surface area contributed by atoms with Crippen molar-refractivity contribution in [2.75, 3.05) is 13.1 Å². The minimum absolute atomic E-state index is 0.747. The summed E-state index contributed by atoms with van der Waals surface area (Å²) in [5.41, 5.74) is 2.32. The van der Waals surface area contributed by atoms with Crippen LogP contribution in [0.1, 0.15) is 12.6 Å². The first-order chi connectivity index (χ1) is 6.33. The Balaban J connectivity index is 2.41. The van der Waals surface area contributed by atoms with Crippen LogP contribution >= 0.6 is 11.6 Å². The number of aromatic nitrogens is 2. The van der Waals surface area contributed by atoms with Crippen LogP contribution in [0.4, 0.5) is 0 Å². The predicted octanol–water partition coefficient (Wildman–Crippen LogP) is 1.54. The Morgan fingerprint density at radius 3 is 3.15 bits per heavy atom. The molecule has 0 radical (unpaired) electrons. The van der Waals surface area contributed by atoms with Crippen LogP contribution in [0.3, 0.4) is 0 Å². The molecule has 1 aliphatic heterocycles. The number of halogens is 1. The van der Waals surface area contributed by atoms with Crippen molar-refractivity contribution >= 4 is 17.2 Å². The van der Waals surface area contributed by atoms with Crippen LogP contribution in [0.15, 0.2) is 12.3 Å². The molecule has 0 unspecified atom stereocenters. The number of nitrogens with zero attached hydrogens (tertiary/aromatic N) is 2. The zero-order valence-corrected chi connectivity index (χ0v) is 8.30. The highest BCUT2D eigenvalue weighted by Gasteiger charge is 2.14. The molecule has 4 heteroatoms. The van der Waals surface area contributed by atoms with E-state index in [4.69, 9.17) is 11.6 Å². The van der Waals surface area contributed by atoms with Crippen LogP contribution in [0.25, 0.3) is 5.57 Å². The molecule has 0 fully saturated rings. The van der Waals surface area contributed by atoms with Crippen LogP contribution in [-0.4, -0.2) is 22.9 Å². The van der Waals surface area contributed by atoms with Crippen LogP contribution < -0.4 is 5.32 Å². The molecule has 2 heterocycles. The first-order valence-electron chi connectivity index (χ1n) is 4.44. The third-order valence-corrected chi connectivity index (χ3v) is 2.48. The molecule has 3 nitrogen and oxygen atoms in total. The monoisotopic (exact) mass is 197 g/mol. The van der Waals surface area contributed by atoms with E-state index in [1.165, 1.54) is 5.57 Å². The van der Waals surface area contributed by atoms with Crippen molar-refractivity contribution in [1.29, 1.82) is 0 Å². The van der Waals surface area contributed by atoms with Gasteiger partial charge in [-0.1, -0.05) is 17.7 Å². The van der Waals surface area contributed by atoms with Gasteiger partial charge in [-0.2, -0.15) is 5.10 Å². The quantitative estimate of drug-likeness (QED) is 0.780. The maximum absolute atomic E-state index is 6.05. The van der Waals surface area contributed by atoms with E-state index in [0.29, 0.717) is 0 Å². The predicted molar refractivity (Wildman–Crippen MR) is 53.8 cm³/mol. The largest absolute Gasteiger partial charge is 0.309 e. The first-order valence-corrected chi connectivity index (χ1v) is 4.82. The highest BCUT2D eigenvalue weighted by molar-refractivity contribution is 6.32. The third kappa shape index (κ3) is 1.49. The molecule has 0 saturated carbocycles. The van der Waals surface area contributed by atoms with E-state index in [1.54, 1.807) is 6.20 Å². The van der Waals surface area contributed by atoms with E-state index in [0.717, 1.165) is 30.4 Å². The molecule has 0 atom stereocenters. The first kappa shape index (κ1) is 8.78. The SMILES string of the molecule is CCn1ncc(Cl)c1C1=CCNC1. The molecule has 0 aliphatic carbocycles. The van der Waals surface area contributed by atoms with E-state index in [1.807, 2.05) is 4.68 Å². The van der Waals surface area contributed by atoms with Gasteiger partial charge in [0, 0.05) is 19.6 Å². The molecule has 70 valence electrons. The maximum atomic E-state index is 6.05. The molecule has 13 heavy (non-hydrogen) atoms. The summed E-state index contributed by atoms with van der Waals surface area (Å²) in [5, 5.41) is 8.19. The molecule has 2 rings (SSSR count). The molecule has 0 amide bonds. The van der Waals surface area contributed by atoms with E-state index in [-0.39, 0.29) is 0 Å². The normalized spacial score (nSPS) is 16.3. The second-order valence-electron chi connectivity index (χ2n) is 3.02. The molecule has 0 bridgehead atoms. The second-order valence-corrected chi connectivity index (χ2v) is 3.42. The van der Waals surface area contributed by atoms with Crippen LogP contribution in [0.2, 0.25) is 5.02 Å². The molecule has 1 aromatic rings. The average molecular weight is 198 g/mol. The van der Waals surface area contributed by atoms with Crippen LogP contribution in [-0.2, 0) is 6.54 Å². The lowest BCUT2D eigenvalue weighted by Gasteiger charge is -2.05. The minimum atomic E-state index is 0.747. The van der Waals surface area contributed by atoms with Crippen molar-refractivity contribution in [2.24, 2.45) is 0 Å². The van der Waals surface area contributed by atoms with Gasteiger partial charge in [0.05, 0.1) is 16.9 Å². The van der Waals surface area contributed by atoms with Gasteiger partial charge in [0.2, 0.25) is 0 Å². The Bertz CT molecular complexity index is 341. The third-order valence-electron chi connectivity index (χ3n) is 2.21. The summed E-state index contributed by atoms with van der Waals surface area (Å²) in [6, 6.07) is 0. The molecule has 1 aliphatic rings. The smallest absolute Gasteiger partial charge is 0.0862 e. The molecule has 1 aromatic heterocycles. The highest BCUT2D eigenvalue weighted by atomic mass is 35.5. The molecule has 1 N–H and O–H groups in total. The summed E-state index contributed by atoms with van der Waals surface area (Å²) in [4.78, 5) is 0. The Hall–Kier alpha value is -0.800. The van der Waals surface area contributed by atoms with Crippen molar-refractivity contribution in [1.82, 2.24) is 15.1 Å². The summed E-state index contributed by atoms with van der Waals surface area (Å²) in [6.45, 7) is 4.75. The lowest BCUT2D eigenvalue weighted by Crippen LogP contribution is -2.10. The molecule has 0 spiro atoms. The van der Waals surface area contributed by atoms with Gasteiger partial charge in [0.15, 0.2) is 0 Å². The highest BCUT2D eigenvalue weighted by Crippen LogP contribution is 2.24. The summed E-state index contributed by atoms with van der Waals surface area (Å²) >= 11 is 6.05. The lowest BCUT2D eigenvalue weighted by molar-refractivity contribution is 0.650. The number of aryl methyl sites for hydroxylation is 1. The van der Waals surface area contributed by atoms with Crippen molar-refractivity contribution in [3.05, 3.63) is 23.0 Å². The Labute approximate surface area is 82.4 Å². The van der Waals surface area contributed by atoms with Crippen molar-refractivity contribution in [3.8, 4) is 0 Å². The molecule has 0 aromatic carbocycles. The molecule has 0 saturated heterocycles. The Kier molecular flexibility index (Phi) is 2.38. The van der Waals surface area contributed by atoms with Crippen molar-refractivity contribution in [3.63, 3.8) is 0 Å². The van der Waals surface area contributed by atoms with E-state index >= 15 is 0 Å². The molecular weight excluding hydrogens is 186 g/mol. The van der Waals surface area contributed by atoms with Gasteiger partial charge in [-0.25, -0.2) is 0 Å². The van der Waals surface area contributed by atoms with Crippen molar-refractivity contribution in [2.45, 2.75) is 13.5 Å². The summed E-state index contributed by atoms with van der Waals surface area (Å²) in [6.07, 6.45) is 3.87. The van der Waals surface area contributed by atoms with Gasteiger partial charge >= 0.3 is 0 Å². The maximum Gasteiger partial charge on any atom is 0.0862 e. The summed E-state index contributed by atoms with van der Waals surface area (Å²) in [5.74, 6) is 0. The average Bonchev–Trinajstić information content (AvgIpc) is 2.72. The van der Waals surface area contributed by atoms with Gasteiger partial charge in [-0.3, -0.25) is 4.68 Å². The standard InChI is InChI=1S/C9H12ClN3/c1-2-13-9(8(10)6-12-13)7-3-4-11-5-7/h3,6,11H,2,4-5H2,1H3.